The third kappa shape index (κ3) is 4.27. The molecule has 0 fully saturated rings. The number of carboxylic acid groups (broad SMARTS) is 1. The minimum Gasteiger partial charge on any atom is -0.480 e. The van der Waals surface area contributed by atoms with E-state index >= 15 is 0 Å². The van der Waals surface area contributed by atoms with Gasteiger partial charge in [-0.2, -0.15) is 0 Å². The Morgan fingerprint density at radius 3 is 2.53 bits per heavy atom. The number of carbonyl (C=O) groups excluding carboxylic acids is 1. The van der Waals surface area contributed by atoms with Gasteiger partial charge in [-0.05, 0) is 5.41 Å². The second-order valence-electron chi connectivity index (χ2n) is 5.42. The van der Waals surface area contributed by atoms with E-state index in [1.165, 1.54) is 0 Å². The van der Waals surface area contributed by atoms with Gasteiger partial charge in [-0.15, -0.1) is 0 Å². The average Bonchev–Trinajstić information content (AvgIpc) is 2.67. The van der Waals surface area contributed by atoms with Crippen LogP contribution in [-0.4, -0.2) is 32.7 Å². The van der Waals surface area contributed by atoms with Crippen molar-refractivity contribution >= 4 is 12.0 Å². The Hall–Kier alpha value is -2.05. The smallest absolute Gasteiger partial charge is 0.326 e. The molecule has 1 rings (SSSR count). The number of aliphatic carboxylic acids is 1. The largest absolute Gasteiger partial charge is 0.480 e. The highest BCUT2D eigenvalue weighted by molar-refractivity contribution is 5.83. The highest BCUT2D eigenvalue weighted by Crippen LogP contribution is 2.19. The number of hydrogen-bond acceptors (Lipinski definition) is 3. The number of nitrogens with zero attached hydrogens (tertiary/aromatic N) is 2. The molecular weight excluding hydrogens is 248 g/mol. The quantitative estimate of drug-likeness (QED) is 0.749. The maximum atomic E-state index is 11.7. The summed E-state index contributed by atoms with van der Waals surface area (Å²) >= 11 is 0. The van der Waals surface area contributed by atoms with Crippen LogP contribution in [0.5, 0.6) is 0 Å². The number of rotatable bonds is 4. The summed E-state index contributed by atoms with van der Waals surface area (Å²) in [5.41, 5.74) is -0.563. The van der Waals surface area contributed by atoms with Crippen LogP contribution in [0.15, 0.2) is 12.4 Å². The van der Waals surface area contributed by atoms with E-state index in [-0.39, 0.29) is 6.54 Å². The maximum absolute atomic E-state index is 11.7. The molecule has 0 aliphatic carbocycles. The van der Waals surface area contributed by atoms with Crippen molar-refractivity contribution in [1.82, 2.24) is 20.2 Å². The molecule has 0 aliphatic rings. The normalized spacial score (nSPS) is 12.8. The Bertz CT molecular complexity index is 462. The van der Waals surface area contributed by atoms with Crippen molar-refractivity contribution in [1.29, 1.82) is 0 Å². The molecule has 1 aromatic rings. The van der Waals surface area contributed by atoms with E-state index < -0.39 is 23.5 Å². The number of amides is 2. The summed E-state index contributed by atoms with van der Waals surface area (Å²) in [5.74, 6) is -0.363. The van der Waals surface area contributed by atoms with Gasteiger partial charge in [0.25, 0.3) is 0 Å². The first-order valence-electron chi connectivity index (χ1n) is 5.95. The number of aryl methyl sites for hydroxylation is 1. The molecule has 7 nitrogen and oxygen atoms in total. The van der Waals surface area contributed by atoms with Crippen molar-refractivity contribution in [2.45, 2.75) is 33.4 Å². The van der Waals surface area contributed by atoms with E-state index in [0.29, 0.717) is 5.82 Å². The number of imidazole rings is 1. The van der Waals surface area contributed by atoms with Crippen molar-refractivity contribution in [3.63, 3.8) is 0 Å². The fraction of sp³-hybridized carbons (Fsp3) is 0.583. The first kappa shape index (κ1) is 15.0. The molecule has 19 heavy (non-hydrogen) atoms. The third-order valence-corrected chi connectivity index (χ3v) is 2.72. The molecule has 0 aliphatic heterocycles. The number of carbonyl (C=O) groups is 2. The van der Waals surface area contributed by atoms with Crippen LogP contribution in [0, 0.1) is 5.41 Å². The van der Waals surface area contributed by atoms with Crippen LogP contribution in [0.1, 0.15) is 26.6 Å². The fourth-order valence-electron chi connectivity index (χ4n) is 1.56. The van der Waals surface area contributed by atoms with Crippen molar-refractivity contribution in [3.8, 4) is 0 Å². The number of nitrogens with one attached hydrogen (secondary N) is 2. The van der Waals surface area contributed by atoms with Crippen molar-refractivity contribution in [2.24, 2.45) is 12.5 Å². The average molecular weight is 268 g/mol. The van der Waals surface area contributed by atoms with E-state index in [0.717, 1.165) is 0 Å². The Morgan fingerprint density at radius 1 is 1.47 bits per heavy atom. The molecule has 0 spiro atoms. The van der Waals surface area contributed by atoms with Gasteiger partial charge in [0.2, 0.25) is 0 Å². The van der Waals surface area contributed by atoms with Crippen LogP contribution >= 0.6 is 0 Å². The molecule has 0 saturated heterocycles. The summed E-state index contributed by atoms with van der Waals surface area (Å²) in [6, 6.07) is -1.47. The summed E-state index contributed by atoms with van der Waals surface area (Å²) in [4.78, 5) is 26.9. The summed E-state index contributed by atoms with van der Waals surface area (Å²) in [6.07, 6.45) is 3.40. The first-order chi connectivity index (χ1) is 8.71. The van der Waals surface area contributed by atoms with Crippen LogP contribution in [-0.2, 0) is 18.4 Å². The van der Waals surface area contributed by atoms with Crippen LogP contribution in [0.4, 0.5) is 4.79 Å². The molecule has 0 bridgehead atoms. The zero-order chi connectivity index (χ0) is 14.6. The molecule has 0 saturated carbocycles. The predicted molar refractivity (Wildman–Crippen MR) is 69.5 cm³/mol. The summed E-state index contributed by atoms with van der Waals surface area (Å²) in [7, 11) is 1.82. The second-order valence-corrected chi connectivity index (χ2v) is 5.42. The molecule has 1 heterocycles. The molecule has 2 amide bonds. The molecule has 1 unspecified atom stereocenters. The third-order valence-electron chi connectivity index (χ3n) is 2.72. The lowest BCUT2D eigenvalue weighted by Gasteiger charge is -2.27. The SMILES string of the molecule is Cn1ccnc1CNC(=O)NC(C(=O)O)C(C)(C)C. The number of carboxylic acids is 1. The highest BCUT2D eigenvalue weighted by Gasteiger charge is 2.32. The van der Waals surface area contributed by atoms with E-state index in [9.17, 15) is 9.59 Å². The Kier molecular flexibility index (Phi) is 4.52. The number of aromatic nitrogens is 2. The Morgan fingerprint density at radius 2 is 2.11 bits per heavy atom. The van der Waals surface area contributed by atoms with Gasteiger partial charge in [0.15, 0.2) is 0 Å². The first-order valence-corrected chi connectivity index (χ1v) is 5.95. The van der Waals surface area contributed by atoms with Gasteiger partial charge in [-0.1, -0.05) is 20.8 Å². The number of hydrogen-bond donors (Lipinski definition) is 3. The molecule has 1 aromatic heterocycles. The van der Waals surface area contributed by atoms with Crippen LogP contribution in [0.3, 0.4) is 0 Å². The van der Waals surface area contributed by atoms with Gasteiger partial charge >= 0.3 is 12.0 Å². The molecule has 0 aromatic carbocycles. The van der Waals surface area contributed by atoms with Gasteiger partial charge in [-0.3, -0.25) is 0 Å². The Labute approximate surface area is 112 Å². The van der Waals surface area contributed by atoms with Crippen molar-refractivity contribution in [3.05, 3.63) is 18.2 Å². The lowest BCUT2D eigenvalue weighted by molar-refractivity contribution is -0.141. The monoisotopic (exact) mass is 268 g/mol. The van der Waals surface area contributed by atoms with Gasteiger partial charge in [0.05, 0.1) is 6.54 Å². The van der Waals surface area contributed by atoms with Gasteiger partial charge in [0, 0.05) is 19.4 Å². The molecule has 0 radical (unpaired) electrons. The van der Waals surface area contributed by atoms with E-state index in [2.05, 4.69) is 15.6 Å². The van der Waals surface area contributed by atoms with E-state index in [1.54, 1.807) is 37.7 Å². The van der Waals surface area contributed by atoms with Gasteiger partial charge in [0.1, 0.15) is 11.9 Å². The maximum Gasteiger partial charge on any atom is 0.326 e. The standard InChI is InChI=1S/C12H20N4O3/c1-12(2,3)9(10(17)18)15-11(19)14-7-8-13-5-6-16(8)4/h5-6,9H,7H2,1-4H3,(H,17,18)(H2,14,15,19). The molecule has 3 N–H and O–H groups in total. The highest BCUT2D eigenvalue weighted by atomic mass is 16.4. The van der Waals surface area contributed by atoms with Crippen LogP contribution in [0.2, 0.25) is 0 Å². The number of urea groups is 1. The summed E-state index contributed by atoms with van der Waals surface area (Å²) in [5, 5.41) is 14.1. The minimum atomic E-state index is -1.06. The summed E-state index contributed by atoms with van der Waals surface area (Å²) < 4.78 is 1.78. The topological polar surface area (TPSA) is 96.3 Å². The lowest BCUT2D eigenvalue weighted by atomic mass is 9.87. The van der Waals surface area contributed by atoms with E-state index in [1.807, 2.05) is 7.05 Å². The van der Waals surface area contributed by atoms with Crippen molar-refractivity contribution in [2.75, 3.05) is 0 Å². The van der Waals surface area contributed by atoms with E-state index in [4.69, 9.17) is 5.11 Å². The minimum absolute atomic E-state index is 0.242. The van der Waals surface area contributed by atoms with Crippen LogP contribution < -0.4 is 10.6 Å². The zero-order valence-corrected chi connectivity index (χ0v) is 11.6. The summed E-state index contributed by atoms with van der Waals surface area (Å²) in [6.45, 7) is 5.51. The predicted octanol–water partition coefficient (Wildman–Crippen LogP) is 0.719. The molecule has 106 valence electrons. The molecule has 7 heteroatoms. The van der Waals surface area contributed by atoms with Crippen molar-refractivity contribution < 1.29 is 14.7 Å². The fourth-order valence-corrected chi connectivity index (χ4v) is 1.56. The van der Waals surface area contributed by atoms with Crippen LogP contribution in [0.25, 0.3) is 0 Å². The molecule has 1 atom stereocenters. The Balaban J connectivity index is 2.55. The van der Waals surface area contributed by atoms with Gasteiger partial charge < -0.3 is 20.3 Å². The molecular formula is C12H20N4O3. The lowest BCUT2D eigenvalue weighted by Crippen LogP contribution is -2.52. The second kappa shape index (κ2) is 5.73. The van der Waals surface area contributed by atoms with Gasteiger partial charge in [-0.25, -0.2) is 14.6 Å². The zero-order valence-electron chi connectivity index (χ0n) is 11.6.